The number of thioether (sulfide) groups is 1. The molecule has 0 aliphatic heterocycles. The van der Waals surface area contributed by atoms with Gasteiger partial charge in [-0.15, -0.1) is 0 Å². The molecule has 0 radical (unpaired) electrons. The molecule has 1 aromatic heterocycles. The van der Waals surface area contributed by atoms with Gasteiger partial charge in [0.15, 0.2) is 5.16 Å². The van der Waals surface area contributed by atoms with Crippen molar-refractivity contribution >= 4 is 11.8 Å². The van der Waals surface area contributed by atoms with Crippen molar-refractivity contribution in [3.8, 4) is 11.6 Å². The quantitative estimate of drug-likeness (QED) is 0.656. The number of ether oxygens (including phenoxy) is 1. The van der Waals surface area contributed by atoms with Crippen LogP contribution < -0.4 is 10.3 Å². The molecule has 0 saturated carbocycles. The van der Waals surface area contributed by atoms with E-state index in [2.05, 4.69) is 9.97 Å². The number of aromatic hydroxyl groups is 1. The maximum Gasteiger partial charge on any atom is 0.258 e. The molecule has 1 heterocycles. The zero-order chi connectivity index (χ0) is 15.4. The summed E-state index contributed by atoms with van der Waals surface area (Å²) in [7, 11) is 1.62. The smallest absolute Gasteiger partial charge is 0.258 e. The highest BCUT2D eigenvalue weighted by Crippen LogP contribution is 2.24. The number of nitrogens with zero attached hydrogens (tertiary/aromatic N) is 1. The number of hydrogen-bond acceptors (Lipinski definition) is 5. The third kappa shape index (κ3) is 3.78. The third-order valence-electron chi connectivity index (χ3n) is 3.03. The van der Waals surface area contributed by atoms with Gasteiger partial charge in [-0.25, -0.2) is 0 Å². The predicted octanol–water partition coefficient (Wildman–Crippen LogP) is 2.90. The van der Waals surface area contributed by atoms with Crippen LogP contribution in [0.2, 0.25) is 0 Å². The summed E-state index contributed by atoms with van der Waals surface area (Å²) in [4.78, 5) is 18.7. The first-order chi connectivity index (χ1) is 10.0. The van der Waals surface area contributed by atoms with Crippen molar-refractivity contribution in [2.24, 2.45) is 0 Å². The van der Waals surface area contributed by atoms with Gasteiger partial charge in [-0.3, -0.25) is 4.79 Å². The number of nitrogens with one attached hydrogen (secondary N) is 1. The van der Waals surface area contributed by atoms with Gasteiger partial charge in [-0.2, -0.15) is 4.98 Å². The summed E-state index contributed by atoms with van der Waals surface area (Å²) in [5.74, 6) is 1.19. The molecular weight excluding hydrogens is 288 g/mol. The molecule has 0 saturated heterocycles. The lowest BCUT2D eigenvalue weighted by atomic mass is 10.1. The van der Waals surface area contributed by atoms with Crippen molar-refractivity contribution in [1.29, 1.82) is 0 Å². The number of aromatic nitrogens is 2. The fraction of sp³-hybridized carbons (Fsp3) is 0.333. The summed E-state index contributed by atoms with van der Waals surface area (Å²) in [6.45, 7) is 3.69. The van der Waals surface area contributed by atoms with Crippen molar-refractivity contribution < 1.29 is 9.84 Å². The van der Waals surface area contributed by atoms with E-state index >= 15 is 0 Å². The Bertz CT molecular complexity index is 666. The molecule has 0 amide bonds. The Kier molecular flexibility index (Phi) is 4.90. The molecule has 0 spiro atoms. The minimum atomic E-state index is -0.283. The number of aromatic amines is 1. The lowest BCUT2D eigenvalue weighted by Crippen LogP contribution is -2.16. The van der Waals surface area contributed by atoms with Crippen LogP contribution in [-0.4, -0.2) is 22.2 Å². The van der Waals surface area contributed by atoms with E-state index in [4.69, 9.17) is 4.74 Å². The zero-order valence-electron chi connectivity index (χ0n) is 12.2. The monoisotopic (exact) mass is 306 g/mol. The Morgan fingerprint density at radius 2 is 2.00 bits per heavy atom. The second-order valence-corrected chi connectivity index (χ2v) is 5.86. The molecule has 5 nitrogen and oxygen atoms in total. The molecule has 1 aromatic carbocycles. The summed E-state index contributed by atoms with van der Waals surface area (Å²) in [5.41, 5.74) is 1.12. The van der Waals surface area contributed by atoms with E-state index in [0.29, 0.717) is 16.5 Å². The standard InChI is InChI=1S/C15H18N2O3S/c1-9(2)12-13(18)16-15(17-14(12)19)21-8-10-4-6-11(20-3)7-5-10/h4-7,9H,8H2,1-3H3,(H2,16,17,18,19). The molecule has 0 fully saturated rings. The second kappa shape index (κ2) is 6.67. The fourth-order valence-corrected chi connectivity index (χ4v) is 2.72. The molecule has 2 aromatic rings. The minimum Gasteiger partial charge on any atom is -0.497 e. The van der Waals surface area contributed by atoms with Gasteiger partial charge in [0.05, 0.1) is 12.7 Å². The number of rotatable bonds is 5. The van der Waals surface area contributed by atoms with Crippen LogP contribution in [0.3, 0.4) is 0 Å². The van der Waals surface area contributed by atoms with E-state index in [1.807, 2.05) is 38.1 Å². The van der Waals surface area contributed by atoms with Gasteiger partial charge >= 0.3 is 0 Å². The largest absolute Gasteiger partial charge is 0.497 e. The predicted molar refractivity (Wildman–Crippen MR) is 83.2 cm³/mol. The van der Waals surface area contributed by atoms with Crippen molar-refractivity contribution in [2.45, 2.75) is 30.7 Å². The van der Waals surface area contributed by atoms with Crippen LogP contribution >= 0.6 is 11.8 Å². The molecule has 0 atom stereocenters. The topological polar surface area (TPSA) is 75.2 Å². The Balaban J connectivity index is 2.11. The average molecular weight is 306 g/mol. The molecule has 6 heteroatoms. The molecule has 0 aliphatic carbocycles. The second-order valence-electron chi connectivity index (χ2n) is 4.90. The van der Waals surface area contributed by atoms with Crippen LogP contribution in [0.15, 0.2) is 34.2 Å². The summed E-state index contributed by atoms with van der Waals surface area (Å²) in [5, 5.41) is 10.3. The Morgan fingerprint density at radius 1 is 1.33 bits per heavy atom. The number of methoxy groups -OCH3 is 1. The van der Waals surface area contributed by atoms with Crippen LogP contribution in [0.25, 0.3) is 0 Å². The zero-order valence-corrected chi connectivity index (χ0v) is 13.0. The molecule has 2 rings (SSSR count). The summed E-state index contributed by atoms with van der Waals surface area (Å²) in [6.07, 6.45) is 0. The van der Waals surface area contributed by atoms with Crippen LogP contribution in [0, 0.1) is 0 Å². The molecular formula is C15H18N2O3S. The minimum absolute atomic E-state index is 0.0677. The van der Waals surface area contributed by atoms with E-state index in [9.17, 15) is 9.90 Å². The Hall–Kier alpha value is -1.95. The first-order valence-corrected chi connectivity index (χ1v) is 7.58. The van der Waals surface area contributed by atoms with Gasteiger partial charge < -0.3 is 14.8 Å². The van der Waals surface area contributed by atoms with Gasteiger partial charge in [0.2, 0.25) is 5.88 Å². The Labute approximate surface area is 127 Å². The lowest BCUT2D eigenvalue weighted by Gasteiger charge is -2.08. The maximum absolute atomic E-state index is 11.9. The van der Waals surface area contributed by atoms with E-state index < -0.39 is 0 Å². The van der Waals surface area contributed by atoms with Crippen molar-refractivity contribution in [3.63, 3.8) is 0 Å². The first kappa shape index (κ1) is 15.4. The molecule has 0 aliphatic rings. The van der Waals surface area contributed by atoms with Gasteiger partial charge in [0.1, 0.15) is 5.75 Å². The lowest BCUT2D eigenvalue weighted by molar-refractivity contribution is 0.414. The first-order valence-electron chi connectivity index (χ1n) is 6.60. The van der Waals surface area contributed by atoms with E-state index in [-0.39, 0.29) is 17.4 Å². The van der Waals surface area contributed by atoms with Crippen LogP contribution in [0.5, 0.6) is 11.6 Å². The SMILES string of the molecule is COc1ccc(CSc2nc(O)c(C(C)C)c(=O)[nH]2)cc1. The van der Waals surface area contributed by atoms with Gasteiger partial charge in [-0.05, 0) is 23.6 Å². The van der Waals surface area contributed by atoms with E-state index in [1.54, 1.807) is 7.11 Å². The van der Waals surface area contributed by atoms with E-state index in [0.717, 1.165) is 11.3 Å². The summed E-state index contributed by atoms with van der Waals surface area (Å²) >= 11 is 1.37. The molecule has 0 bridgehead atoms. The Morgan fingerprint density at radius 3 is 2.52 bits per heavy atom. The normalized spacial score (nSPS) is 10.9. The highest BCUT2D eigenvalue weighted by Gasteiger charge is 2.14. The third-order valence-corrected chi connectivity index (χ3v) is 3.97. The van der Waals surface area contributed by atoms with Crippen molar-refractivity contribution in [3.05, 3.63) is 45.7 Å². The number of benzene rings is 1. The van der Waals surface area contributed by atoms with Crippen LogP contribution in [0.1, 0.15) is 30.9 Å². The van der Waals surface area contributed by atoms with Gasteiger partial charge in [-0.1, -0.05) is 37.7 Å². The van der Waals surface area contributed by atoms with Gasteiger partial charge in [0.25, 0.3) is 5.56 Å². The number of H-pyrrole nitrogens is 1. The molecule has 112 valence electrons. The van der Waals surface area contributed by atoms with Crippen LogP contribution in [0.4, 0.5) is 0 Å². The van der Waals surface area contributed by atoms with E-state index in [1.165, 1.54) is 11.8 Å². The van der Waals surface area contributed by atoms with Crippen LogP contribution in [-0.2, 0) is 5.75 Å². The fourth-order valence-electron chi connectivity index (χ4n) is 1.91. The summed E-state index contributed by atoms with van der Waals surface area (Å²) in [6, 6.07) is 7.66. The maximum atomic E-state index is 11.9. The molecule has 0 unspecified atom stereocenters. The highest BCUT2D eigenvalue weighted by atomic mass is 32.2. The number of hydrogen-bond donors (Lipinski definition) is 2. The average Bonchev–Trinajstić information content (AvgIpc) is 2.44. The summed E-state index contributed by atoms with van der Waals surface area (Å²) < 4.78 is 5.10. The highest BCUT2D eigenvalue weighted by molar-refractivity contribution is 7.98. The molecule has 21 heavy (non-hydrogen) atoms. The van der Waals surface area contributed by atoms with Crippen molar-refractivity contribution in [1.82, 2.24) is 9.97 Å². The van der Waals surface area contributed by atoms with Crippen molar-refractivity contribution in [2.75, 3.05) is 7.11 Å². The van der Waals surface area contributed by atoms with Gasteiger partial charge in [0, 0.05) is 5.75 Å². The molecule has 2 N–H and O–H groups in total.